The van der Waals surface area contributed by atoms with E-state index in [2.05, 4.69) is 15.3 Å². The number of fused-ring (bicyclic) bond motifs is 2. The number of nitrogens with zero attached hydrogens (tertiary/aromatic N) is 3. The van der Waals surface area contributed by atoms with Crippen LogP contribution in [0.2, 0.25) is 0 Å². The van der Waals surface area contributed by atoms with Crippen molar-refractivity contribution in [2.75, 3.05) is 5.32 Å². The molecule has 1 aliphatic heterocycles. The zero-order chi connectivity index (χ0) is 16.7. The molecule has 0 fully saturated rings. The molecule has 24 heavy (non-hydrogen) atoms. The number of aliphatic hydroxyl groups excluding tert-OH is 1. The summed E-state index contributed by atoms with van der Waals surface area (Å²) in [5, 5.41) is 12.8. The first-order valence-corrected chi connectivity index (χ1v) is 7.71. The molecular weight excluding hydrogens is 304 g/mol. The van der Waals surface area contributed by atoms with Gasteiger partial charge in [0.1, 0.15) is 11.5 Å². The average Bonchev–Trinajstić information content (AvgIpc) is 3.02. The van der Waals surface area contributed by atoms with E-state index in [1.165, 1.54) is 9.96 Å². The van der Waals surface area contributed by atoms with E-state index < -0.39 is 0 Å². The van der Waals surface area contributed by atoms with Gasteiger partial charge < -0.3 is 10.4 Å². The zero-order valence-electron chi connectivity index (χ0n) is 13.2. The van der Waals surface area contributed by atoms with Crippen LogP contribution in [-0.4, -0.2) is 20.7 Å². The molecule has 120 valence electrons. The highest BCUT2D eigenvalue weighted by atomic mass is 16.3. The van der Waals surface area contributed by atoms with Gasteiger partial charge in [-0.25, -0.2) is 4.98 Å². The minimum absolute atomic E-state index is 0.236. The standard InChI is InChI=1S/C18H16N4O2/c1-11-5-7-22-16(8-11)21-17(14(10-23)18(22)24)20-13-3-2-12-4-6-19-15(12)9-13/h2-3,5-9,20,23H,4,10H2,1H3. The summed E-state index contributed by atoms with van der Waals surface area (Å²) in [4.78, 5) is 21.4. The van der Waals surface area contributed by atoms with Crippen molar-refractivity contribution in [2.45, 2.75) is 20.0 Å². The molecule has 0 bridgehead atoms. The quantitative estimate of drug-likeness (QED) is 0.777. The van der Waals surface area contributed by atoms with Gasteiger partial charge in [-0.15, -0.1) is 0 Å². The number of pyridine rings is 1. The molecule has 2 N–H and O–H groups in total. The molecule has 6 heteroatoms. The summed E-state index contributed by atoms with van der Waals surface area (Å²) in [5.41, 5.74) is 4.38. The van der Waals surface area contributed by atoms with Gasteiger partial charge >= 0.3 is 0 Å². The van der Waals surface area contributed by atoms with Crippen LogP contribution in [-0.2, 0) is 13.0 Å². The van der Waals surface area contributed by atoms with Crippen LogP contribution >= 0.6 is 0 Å². The van der Waals surface area contributed by atoms with Crippen LogP contribution in [0, 0.1) is 6.92 Å². The van der Waals surface area contributed by atoms with Crippen molar-refractivity contribution < 1.29 is 5.11 Å². The Morgan fingerprint density at radius 3 is 3.00 bits per heavy atom. The van der Waals surface area contributed by atoms with E-state index >= 15 is 0 Å². The normalized spacial score (nSPS) is 12.6. The minimum atomic E-state index is -0.381. The second-order valence-corrected chi connectivity index (χ2v) is 5.82. The highest BCUT2D eigenvalue weighted by Crippen LogP contribution is 2.29. The number of aliphatic hydroxyl groups is 1. The summed E-state index contributed by atoms with van der Waals surface area (Å²) >= 11 is 0. The van der Waals surface area contributed by atoms with Gasteiger partial charge in [-0.2, -0.15) is 0 Å². The molecule has 0 aliphatic carbocycles. The Labute approximate surface area is 138 Å². The number of anilines is 2. The lowest BCUT2D eigenvalue weighted by atomic mass is 10.1. The number of aliphatic imine (C=N–C) groups is 1. The van der Waals surface area contributed by atoms with E-state index in [-0.39, 0.29) is 17.7 Å². The second kappa shape index (κ2) is 5.58. The lowest BCUT2D eigenvalue weighted by Gasteiger charge is -2.12. The first-order chi connectivity index (χ1) is 11.7. The number of hydrogen-bond donors (Lipinski definition) is 2. The van der Waals surface area contributed by atoms with E-state index in [4.69, 9.17) is 0 Å². The molecule has 0 atom stereocenters. The molecule has 1 aliphatic rings. The molecule has 2 aromatic heterocycles. The molecular formula is C18H16N4O2. The van der Waals surface area contributed by atoms with Crippen LogP contribution in [0.3, 0.4) is 0 Å². The fourth-order valence-corrected chi connectivity index (χ4v) is 2.84. The highest BCUT2D eigenvalue weighted by molar-refractivity contribution is 5.78. The second-order valence-electron chi connectivity index (χ2n) is 5.82. The maximum Gasteiger partial charge on any atom is 0.265 e. The molecule has 0 amide bonds. The van der Waals surface area contributed by atoms with E-state index in [0.717, 1.165) is 23.4 Å². The molecule has 0 saturated carbocycles. The average molecular weight is 320 g/mol. The number of aryl methyl sites for hydroxylation is 1. The van der Waals surface area contributed by atoms with Crippen molar-refractivity contribution in [1.82, 2.24) is 9.38 Å². The first kappa shape index (κ1) is 14.6. The summed E-state index contributed by atoms with van der Waals surface area (Å²) in [7, 11) is 0. The molecule has 0 saturated heterocycles. The van der Waals surface area contributed by atoms with Crippen molar-refractivity contribution in [3.05, 3.63) is 63.6 Å². The van der Waals surface area contributed by atoms with E-state index in [1.54, 1.807) is 6.20 Å². The van der Waals surface area contributed by atoms with Crippen LogP contribution in [0.5, 0.6) is 0 Å². The van der Waals surface area contributed by atoms with Crippen LogP contribution in [0.1, 0.15) is 16.7 Å². The van der Waals surface area contributed by atoms with Gasteiger partial charge in [0, 0.05) is 24.5 Å². The maximum absolute atomic E-state index is 12.6. The molecule has 6 nitrogen and oxygen atoms in total. The SMILES string of the molecule is Cc1ccn2c(=O)c(CO)c(Nc3ccc4c(c3)N=CC4)nc2c1. The Balaban J connectivity index is 1.83. The van der Waals surface area contributed by atoms with Crippen molar-refractivity contribution in [3.8, 4) is 0 Å². The number of aromatic nitrogens is 2. The Kier molecular flexibility index (Phi) is 3.39. The van der Waals surface area contributed by atoms with Gasteiger partial charge in [-0.3, -0.25) is 14.2 Å². The summed E-state index contributed by atoms with van der Waals surface area (Å²) in [6, 6.07) is 9.51. The Morgan fingerprint density at radius 2 is 2.17 bits per heavy atom. The number of nitrogens with one attached hydrogen (secondary N) is 1. The van der Waals surface area contributed by atoms with Gasteiger partial charge in [-0.05, 0) is 42.3 Å². The van der Waals surface area contributed by atoms with Crippen LogP contribution in [0.25, 0.3) is 5.65 Å². The molecule has 1 aromatic carbocycles. The fourth-order valence-electron chi connectivity index (χ4n) is 2.84. The van der Waals surface area contributed by atoms with Crippen LogP contribution in [0.15, 0.2) is 46.3 Å². The highest BCUT2D eigenvalue weighted by Gasteiger charge is 2.14. The Morgan fingerprint density at radius 1 is 1.29 bits per heavy atom. The van der Waals surface area contributed by atoms with Gasteiger partial charge in [0.2, 0.25) is 0 Å². The molecule has 3 heterocycles. The number of hydrogen-bond acceptors (Lipinski definition) is 5. The largest absolute Gasteiger partial charge is 0.391 e. The van der Waals surface area contributed by atoms with E-state index in [0.29, 0.717) is 11.5 Å². The lowest BCUT2D eigenvalue weighted by molar-refractivity contribution is 0.280. The van der Waals surface area contributed by atoms with Gasteiger partial charge in [0.05, 0.1) is 17.9 Å². The third-order valence-electron chi connectivity index (χ3n) is 4.13. The Hall–Kier alpha value is -2.99. The van der Waals surface area contributed by atoms with Gasteiger partial charge in [0.15, 0.2) is 0 Å². The van der Waals surface area contributed by atoms with Crippen LogP contribution < -0.4 is 10.9 Å². The fraction of sp³-hybridized carbons (Fsp3) is 0.167. The maximum atomic E-state index is 12.6. The molecule has 0 radical (unpaired) electrons. The molecule has 4 rings (SSSR count). The molecule has 0 unspecified atom stereocenters. The zero-order valence-corrected chi connectivity index (χ0v) is 13.2. The molecule has 0 spiro atoms. The first-order valence-electron chi connectivity index (χ1n) is 7.71. The van der Waals surface area contributed by atoms with Gasteiger partial charge in [0.25, 0.3) is 5.56 Å². The summed E-state index contributed by atoms with van der Waals surface area (Å²) in [5.74, 6) is 0.370. The summed E-state index contributed by atoms with van der Waals surface area (Å²) in [6.07, 6.45) is 4.39. The van der Waals surface area contributed by atoms with Crippen molar-refractivity contribution in [2.24, 2.45) is 4.99 Å². The summed E-state index contributed by atoms with van der Waals surface area (Å²) < 4.78 is 1.44. The third kappa shape index (κ3) is 2.37. The lowest BCUT2D eigenvalue weighted by Crippen LogP contribution is -2.22. The predicted octanol–water partition coefficient (Wildman–Crippen LogP) is 2.50. The monoisotopic (exact) mass is 320 g/mol. The smallest absolute Gasteiger partial charge is 0.265 e. The van der Waals surface area contributed by atoms with Crippen LogP contribution in [0.4, 0.5) is 17.2 Å². The van der Waals surface area contributed by atoms with Crippen molar-refractivity contribution >= 4 is 29.1 Å². The Bertz CT molecular complexity index is 1040. The molecule has 3 aromatic rings. The van der Waals surface area contributed by atoms with E-state index in [9.17, 15) is 9.90 Å². The third-order valence-corrected chi connectivity index (χ3v) is 4.13. The van der Waals surface area contributed by atoms with E-state index in [1.807, 2.05) is 43.5 Å². The minimum Gasteiger partial charge on any atom is -0.391 e. The predicted molar refractivity (Wildman–Crippen MR) is 93.7 cm³/mol. The van der Waals surface area contributed by atoms with Crippen molar-refractivity contribution in [3.63, 3.8) is 0 Å². The van der Waals surface area contributed by atoms with Gasteiger partial charge in [-0.1, -0.05) is 6.07 Å². The number of rotatable bonds is 3. The number of benzene rings is 1. The summed E-state index contributed by atoms with van der Waals surface area (Å²) in [6.45, 7) is 1.56. The van der Waals surface area contributed by atoms with Crippen molar-refractivity contribution in [1.29, 1.82) is 0 Å². The topological polar surface area (TPSA) is 79.0 Å².